The number of rotatable bonds is 4. The molecule has 3 N–H and O–H groups in total. The lowest BCUT2D eigenvalue weighted by Crippen LogP contribution is -2.18. The molecule has 0 fully saturated rings. The maximum Gasteiger partial charge on any atom is 0.305 e. The summed E-state index contributed by atoms with van der Waals surface area (Å²) in [5, 5.41) is 8.79. The van der Waals surface area contributed by atoms with E-state index in [1.807, 2.05) is 47.2 Å². The molecule has 4 nitrogen and oxygen atoms in total. The maximum absolute atomic E-state index is 10.7. The molecule has 0 aliphatic heterocycles. The molecule has 0 radical (unpaired) electrons. The number of aromatic nitrogens is 1. The Morgan fingerprint density at radius 3 is 2.61 bits per heavy atom. The molecule has 0 bridgehead atoms. The second kappa shape index (κ2) is 5.53. The van der Waals surface area contributed by atoms with E-state index in [0.717, 1.165) is 15.0 Å². The number of halogens is 1. The molecule has 1 atom stereocenters. The second-order valence-corrected chi connectivity index (χ2v) is 5.23. The smallest absolute Gasteiger partial charge is 0.305 e. The maximum atomic E-state index is 10.7. The summed E-state index contributed by atoms with van der Waals surface area (Å²) in [5.74, 6) is -0.891. The highest BCUT2D eigenvalue weighted by molar-refractivity contribution is 14.1. The molecule has 2 rings (SSSR count). The van der Waals surface area contributed by atoms with Crippen molar-refractivity contribution in [3.05, 3.63) is 51.9 Å². The van der Waals surface area contributed by atoms with E-state index in [0.29, 0.717) is 0 Å². The minimum Gasteiger partial charge on any atom is -0.481 e. The van der Waals surface area contributed by atoms with Crippen molar-refractivity contribution in [2.24, 2.45) is 5.73 Å². The molecule has 5 heteroatoms. The fraction of sp³-hybridized carbons (Fsp3) is 0.154. The average Bonchev–Trinajstić information content (AvgIpc) is 2.78. The first kappa shape index (κ1) is 13.1. The Bertz CT molecular complexity index is 548. The Morgan fingerprint density at radius 1 is 1.33 bits per heavy atom. The van der Waals surface area contributed by atoms with Gasteiger partial charge >= 0.3 is 5.97 Å². The predicted octanol–water partition coefficient (Wildman–Crippen LogP) is 2.56. The van der Waals surface area contributed by atoms with E-state index in [1.165, 1.54) is 0 Å². The van der Waals surface area contributed by atoms with Gasteiger partial charge in [0.15, 0.2) is 0 Å². The average molecular weight is 356 g/mol. The summed E-state index contributed by atoms with van der Waals surface area (Å²) in [5.41, 5.74) is 7.69. The van der Waals surface area contributed by atoms with Crippen LogP contribution >= 0.6 is 22.6 Å². The van der Waals surface area contributed by atoms with E-state index in [1.54, 1.807) is 0 Å². The van der Waals surface area contributed by atoms with E-state index in [4.69, 9.17) is 10.8 Å². The first-order valence-electron chi connectivity index (χ1n) is 5.48. The van der Waals surface area contributed by atoms with E-state index < -0.39 is 12.0 Å². The van der Waals surface area contributed by atoms with Crippen molar-refractivity contribution in [3.8, 4) is 5.69 Å². The van der Waals surface area contributed by atoms with Gasteiger partial charge in [0, 0.05) is 21.1 Å². The van der Waals surface area contributed by atoms with Crippen LogP contribution in [0.5, 0.6) is 0 Å². The van der Waals surface area contributed by atoms with E-state index in [9.17, 15) is 4.79 Å². The molecule has 1 aromatic carbocycles. The van der Waals surface area contributed by atoms with Gasteiger partial charge in [0.2, 0.25) is 0 Å². The summed E-state index contributed by atoms with van der Waals surface area (Å²) >= 11 is 2.24. The van der Waals surface area contributed by atoms with Crippen molar-refractivity contribution < 1.29 is 9.90 Å². The molecule has 1 unspecified atom stereocenters. The molecule has 0 spiro atoms. The highest BCUT2D eigenvalue weighted by Gasteiger charge is 2.14. The van der Waals surface area contributed by atoms with E-state index >= 15 is 0 Å². The van der Waals surface area contributed by atoms with E-state index in [2.05, 4.69) is 22.6 Å². The van der Waals surface area contributed by atoms with Gasteiger partial charge in [0.1, 0.15) is 0 Å². The Kier molecular flexibility index (Phi) is 4.03. The fourth-order valence-electron chi connectivity index (χ4n) is 1.83. The zero-order chi connectivity index (χ0) is 13.1. The second-order valence-electron chi connectivity index (χ2n) is 3.98. The third kappa shape index (κ3) is 2.91. The highest BCUT2D eigenvalue weighted by atomic mass is 127. The molecule has 1 heterocycles. The summed E-state index contributed by atoms with van der Waals surface area (Å²) in [6, 6.07) is 11.2. The van der Waals surface area contributed by atoms with Crippen molar-refractivity contribution in [1.29, 1.82) is 0 Å². The summed E-state index contributed by atoms with van der Waals surface area (Å²) in [4.78, 5) is 10.7. The SMILES string of the molecule is NC(CC(=O)O)c1cccn1-c1ccc(I)cc1. The standard InChI is InChI=1S/C13H13IN2O2/c14-9-3-5-10(6-4-9)16-7-1-2-12(16)11(15)8-13(17)18/h1-7,11H,8,15H2,(H,17,18). The molecule has 0 aliphatic carbocycles. The number of benzene rings is 1. The molecular formula is C13H13IN2O2. The Balaban J connectivity index is 2.32. The summed E-state index contributed by atoms with van der Waals surface area (Å²) in [7, 11) is 0. The lowest BCUT2D eigenvalue weighted by molar-refractivity contribution is -0.137. The number of nitrogens with two attached hydrogens (primary N) is 1. The molecule has 0 saturated heterocycles. The normalized spacial score (nSPS) is 12.3. The van der Waals surface area contributed by atoms with Gasteiger partial charge in [-0.15, -0.1) is 0 Å². The van der Waals surface area contributed by atoms with Crippen molar-refractivity contribution in [2.45, 2.75) is 12.5 Å². The first-order valence-corrected chi connectivity index (χ1v) is 6.56. The number of carboxylic acid groups (broad SMARTS) is 1. The zero-order valence-electron chi connectivity index (χ0n) is 9.58. The van der Waals surface area contributed by atoms with Crippen LogP contribution in [-0.4, -0.2) is 15.6 Å². The van der Waals surface area contributed by atoms with Crippen LogP contribution in [0.1, 0.15) is 18.2 Å². The molecule has 0 aliphatic rings. The van der Waals surface area contributed by atoms with Crippen LogP contribution in [0, 0.1) is 3.57 Å². The van der Waals surface area contributed by atoms with Gasteiger partial charge in [-0.1, -0.05) is 0 Å². The van der Waals surface area contributed by atoms with Crippen molar-refractivity contribution in [1.82, 2.24) is 4.57 Å². The zero-order valence-corrected chi connectivity index (χ0v) is 11.7. The van der Waals surface area contributed by atoms with Crippen molar-refractivity contribution in [3.63, 3.8) is 0 Å². The molecule has 0 saturated carbocycles. The molecule has 2 aromatic rings. The number of nitrogens with zero attached hydrogens (tertiary/aromatic N) is 1. The lowest BCUT2D eigenvalue weighted by atomic mass is 10.1. The molecule has 0 amide bonds. The van der Waals surface area contributed by atoms with Gasteiger partial charge in [-0.25, -0.2) is 0 Å². The Labute approximate surface area is 119 Å². The topological polar surface area (TPSA) is 68.2 Å². The number of carboxylic acids is 1. The van der Waals surface area contributed by atoms with E-state index in [-0.39, 0.29) is 6.42 Å². The largest absolute Gasteiger partial charge is 0.481 e. The third-order valence-electron chi connectivity index (χ3n) is 2.66. The summed E-state index contributed by atoms with van der Waals surface area (Å²) in [6.07, 6.45) is 1.81. The fourth-order valence-corrected chi connectivity index (χ4v) is 2.19. The summed E-state index contributed by atoms with van der Waals surface area (Å²) in [6.45, 7) is 0. The van der Waals surface area contributed by atoms with Crippen LogP contribution in [-0.2, 0) is 4.79 Å². The number of hydrogen-bond acceptors (Lipinski definition) is 2. The van der Waals surface area contributed by atoms with Gasteiger partial charge in [0.05, 0.1) is 12.5 Å². The van der Waals surface area contributed by atoms with Crippen molar-refractivity contribution in [2.75, 3.05) is 0 Å². The quantitative estimate of drug-likeness (QED) is 0.828. The van der Waals surface area contributed by atoms with Gasteiger partial charge in [0.25, 0.3) is 0 Å². The predicted molar refractivity (Wildman–Crippen MR) is 77.7 cm³/mol. The Morgan fingerprint density at radius 2 is 2.00 bits per heavy atom. The van der Waals surface area contributed by atoms with Crippen LogP contribution in [0.15, 0.2) is 42.6 Å². The number of aliphatic carboxylic acids is 1. The number of carbonyl (C=O) groups is 1. The van der Waals surface area contributed by atoms with Crippen LogP contribution in [0.4, 0.5) is 0 Å². The van der Waals surface area contributed by atoms with Crippen LogP contribution < -0.4 is 5.73 Å². The number of hydrogen-bond donors (Lipinski definition) is 2. The monoisotopic (exact) mass is 356 g/mol. The third-order valence-corrected chi connectivity index (χ3v) is 3.38. The minimum atomic E-state index is -0.891. The van der Waals surface area contributed by atoms with Gasteiger partial charge in [-0.2, -0.15) is 0 Å². The van der Waals surface area contributed by atoms with Crippen LogP contribution in [0.3, 0.4) is 0 Å². The molecule has 18 heavy (non-hydrogen) atoms. The molecule has 94 valence electrons. The molecular weight excluding hydrogens is 343 g/mol. The molecule has 1 aromatic heterocycles. The van der Waals surface area contributed by atoms with Gasteiger partial charge in [-0.3, -0.25) is 4.79 Å². The van der Waals surface area contributed by atoms with Crippen molar-refractivity contribution >= 4 is 28.6 Å². The minimum absolute atomic E-state index is 0.0750. The van der Waals surface area contributed by atoms with Gasteiger partial charge in [-0.05, 0) is 59.0 Å². The Hall–Kier alpha value is -1.34. The summed E-state index contributed by atoms with van der Waals surface area (Å²) < 4.78 is 3.07. The lowest BCUT2D eigenvalue weighted by Gasteiger charge is -2.14. The van der Waals surface area contributed by atoms with Crippen LogP contribution in [0.25, 0.3) is 5.69 Å². The van der Waals surface area contributed by atoms with Gasteiger partial charge < -0.3 is 15.4 Å². The highest BCUT2D eigenvalue weighted by Crippen LogP contribution is 2.20. The first-order chi connectivity index (χ1) is 8.58. The van der Waals surface area contributed by atoms with Crippen LogP contribution in [0.2, 0.25) is 0 Å².